The van der Waals surface area contributed by atoms with Gasteiger partial charge in [0.05, 0.1) is 6.20 Å². The van der Waals surface area contributed by atoms with Gasteiger partial charge in [0.1, 0.15) is 11.6 Å². The molecular weight excluding hydrogens is 254 g/mol. The Morgan fingerprint density at radius 1 is 1.35 bits per heavy atom. The van der Waals surface area contributed by atoms with Gasteiger partial charge in [-0.05, 0) is 32.9 Å². The summed E-state index contributed by atoms with van der Waals surface area (Å²) in [6, 6.07) is 5.45. The van der Waals surface area contributed by atoms with E-state index in [2.05, 4.69) is 20.7 Å². The number of pyridine rings is 1. The molecule has 0 aromatic carbocycles. The number of hydrogen-bond donors (Lipinski definition) is 2. The molecular formula is C14H19N5O. The molecule has 6 nitrogen and oxygen atoms in total. The first-order valence-corrected chi connectivity index (χ1v) is 6.52. The molecule has 0 aliphatic rings. The van der Waals surface area contributed by atoms with Gasteiger partial charge in [0.25, 0.3) is 5.91 Å². The van der Waals surface area contributed by atoms with Crippen molar-refractivity contribution in [3.8, 4) is 0 Å². The number of carbonyl (C=O) groups excluding carboxylic acids is 1. The van der Waals surface area contributed by atoms with E-state index in [0.29, 0.717) is 17.2 Å². The molecule has 20 heavy (non-hydrogen) atoms. The van der Waals surface area contributed by atoms with Gasteiger partial charge in [0, 0.05) is 30.4 Å². The largest absolute Gasteiger partial charge is 0.373 e. The summed E-state index contributed by atoms with van der Waals surface area (Å²) in [6.07, 6.45) is 1.67. The molecule has 0 saturated heterocycles. The van der Waals surface area contributed by atoms with Gasteiger partial charge < -0.3 is 10.6 Å². The SMILES string of the molecule is CNc1cc(C(=O)Nc2ccnn2C(C)C)cc(C)n1. The molecule has 2 rings (SSSR count). The second-order valence-electron chi connectivity index (χ2n) is 4.84. The van der Waals surface area contributed by atoms with Crippen LogP contribution in [-0.4, -0.2) is 27.7 Å². The Kier molecular flexibility index (Phi) is 4.02. The van der Waals surface area contributed by atoms with Crippen molar-refractivity contribution in [2.75, 3.05) is 17.7 Å². The van der Waals surface area contributed by atoms with Crippen LogP contribution >= 0.6 is 0 Å². The van der Waals surface area contributed by atoms with E-state index in [-0.39, 0.29) is 11.9 Å². The molecule has 0 radical (unpaired) electrons. The highest BCUT2D eigenvalue weighted by molar-refractivity contribution is 6.04. The van der Waals surface area contributed by atoms with Gasteiger partial charge >= 0.3 is 0 Å². The van der Waals surface area contributed by atoms with Gasteiger partial charge in [-0.2, -0.15) is 5.10 Å². The predicted octanol–water partition coefficient (Wildman–Crippen LogP) is 2.46. The summed E-state index contributed by atoms with van der Waals surface area (Å²) in [7, 11) is 1.78. The van der Waals surface area contributed by atoms with Crippen LogP contribution in [0.3, 0.4) is 0 Å². The molecule has 1 amide bonds. The molecule has 0 fully saturated rings. The number of nitrogens with one attached hydrogen (secondary N) is 2. The fraction of sp³-hybridized carbons (Fsp3) is 0.357. The number of amides is 1. The average molecular weight is 273 g/mol. The van der Waals surface area contributed by atoms with Crippen molar-refractivity contribution >= 4 is 17.5 Å². The fourth-order valence-electron chi connectivity index (χ4n) is 1.94. The molecule has 0 atom stereocenters. The second kappa shape index (κ2) is 5.73. The Hall–Kier alpha value is -2.37. The summed E-state index contributed by atoms with van der Waals surface area (Å²) in [5.41, 5.74) is 1.36. The number of rotatable bonds is 4. The number of carbonyl (C=O) groups is 1. The van der Waals surface area contributed by atoms with E-state index in [1.807, 2.05) is 20.8 Å². The van der Waals surface area contributed by atoms with Gasteiger partial charge in [-0.25, -0.2) is 9.67 Å². The maximum absolute atomic E-state index is 12.3. The minimum Gasteiger partial charge on any atom is -0.373 e. The third-order valence-corrected chi connectivity index (χ3v) is 2.87. The summed E-state index contributed by atoms with van der Waals surface area (Å²) >= 11 is 0. The number of aryl methyl sites for hydroxylation is 1. The molecule has 0 saturated carbocycles. The number of anilines is 2. The molecule has 2 N–H and O–H groups in total. The molecule has 6 heteroatoms. The van der Waals surface area contributed by atoms with E-state index in [1.165, 1.54) is 0 Å². The van der Waals surface area contributed by atoms with Gasteiger partial charge in [-0.15, -0.1) is 0 Å². The van der Waals surface area contributed by atoms with E-state index >= 15 is 0 Å². The molecule has 2 aromatic heterocycles. The first kappa shape index (κ1) is 14.0. The van der Waals surface area contributed by atoms with E-state index in [0.717, 1.165) is 5.69 Å². The summed E-state index contributed by atoms with van der Waals surface area (Å²) in [4.78, 5) is 16.6. The van der Waals surface area contributed by atoms with Crippen LogP contribution in [0.1, 0.15) is 35.9 Å². The lowest BCUT2D eigenvalue weighted by atomic mass is 10.2. The van der Waals surface area contributed by atoms with Crippen LogP contribution in [0.2, 0.25) is 0 Å². The van der Waals surface area contributed by atoms with Gasteiger partial charge in [0.15, 0.2) is 0 Å². The quantitative estimate of drug-likeness (QED) is 0.897. The fourth-order valence-corrected chi connectivity index (χ4v) is 1.94. The highest BCUT2D eigenvalue weighted by Crippen LogP contribution is 2.16. The van der Waals surface area contributed by atoms with Crippen LogP contribution in [0.4, 0.5) is 11.6 Å². The molecule has 0 unspecified atom stereocenters. The third-order valence-electron chi connectivity index (χ3n) is 2.87. The van der Waals surface area contributed by atoms with Gasteiger partial charge in [-0.3, -0.25) is 4.79 Å². The molecule has 2 aromatic rings. The zero-order chi connectivity index (χ0) is 14.7. The van der Waals surface area contributed by atoms with Crippen LogP contribution in [0.5, 0.6) is 0 Å². The molecule has 0 aliphatic carbocycles. The zero-order valence-electron chi connectivity index (χ0n) is 12.1. The topological polar surface area (TPSA) is 71.8 Å². The van der Waals surface area contributed by atoms with Crippen molar-refractivity contribution in [3.05, 3.63) is 35.7 Å². The summed E-state index contributed by atoms with van der Waals surface area (Å²) in [6.45, 7) is 5.88. The van der Waals surface area contributed by atoms with Crippen LogP contribution in [0, 0.1) is 6.92 Å². The van der Waals surface area contributed by atoms with E-state index in [4.69, 9.17) is 0 Å². The number of hydrogen-bond acceptors (Lipinski definition) is 4. The van der Waals surface area contributed by atoms with Crippen molar-refractivity contribution in [3.63, 3.8) is 0 Å². The molecule has 0 spiro atoms. The highest BCUT2D eigenvalue weighted by atomic mass is 16.1. The maximum atomic E-state index is 12.3. The van der Waals surface area contributed by atoms with Crippen LogP contribution in [0.15, 0.2) is 24.4 Å². The number of nitrogens with zero attached hydrogens (tertiary/aromatic N) is 3. The maximum Gasteiger partial charge on any atom is 0.257 e. The molecule has 0 aliphatic heterocycles. The van der Waals surface area contributed by atoms with Crippen LogP contribution in [-0.2, 0) is 0 Å². The van der Waals surface area contributed by atoms with Gasteiger partial charge in [0.2, 0.25) is 0 Å². The first-order chi connectivity index (χ1) is 9.51. The van der Waals surface area contributed by atoms with Crippen molar-refractivity contribution in [2.24, 2.45) is 0 Å². The van der Waals surface area contributed by atoms with Crippen molar-refractivity contribution < 1.29 is 4.79 Å². The van der Waals surface area contributed by atoms with Crippen LogP contribution in [0.25, 0.3) is 0 Å². The lowest BCUT2D eigenvalue weighted by Crippen LogP contribution is -2.17. The van der Waals surface area contributed by atoms with Crippen molar-refractivity contribution in [1.29, 1.82) is 0 Å². The summed E-state index contributed by atoms with van der Waals surface area (Å²) in [5, 5.41) is 10.0. The lowest BCUT2D eigenvalue weighted by Gasteiger charge is -2.12. The minimum atomic E-state index is -0.172. The van der Waals surface area contributed by atoms with E-state index in [1.54, 1.807) is 36.1 Å². The average Bonchev–Trinajstić information content (AvgIpc) is 2.86. The second-order valence-corrected chi connectivity index (χ2v) is 4.84. The Morgan fingerprint density at radius 2 is 2.10 bits per heavy atom. The summed E-state index contributed by atoms with van der Waals surface area (Å²) < 4.78 is 1.77. The first-order valence-electron chi connectivity index (χ1n) is 6.52. The summed E-state index contributed by atoms with van der Waals surface area (Å²) in [5.74, 6) is 1.19. The highest BCUT2D eigenvalue weighted by Gasteiger charge is 2.12. The smallest absolute Gasteiger partial charge is 0.257 e. The number of aromatic nitrogens is 3. The van der Waals surface area contributed by atoms with E-state index in [9.17, 15) is 4.79 Å². The molecule has 106 valence electrons. The zero-order valence-corrected chi connectivity index (χ0v) is 12.1. The predicted molar refractivity (Wildman–Crippen MR) is 79.1 cm³/mol. The normalized spacial score (nSPS) is 10.7. The van der Waals surface area contributed by atoms with E-state index < -0.39 is 0 Å². The third kappa shape index (κ3) is 2.96. The Morgan fingerprint density at radius 3 is 2.75 bits per heavy atom. The van der Waals surface area contributed by atoms with Crippen LogP contribution < -0.4 is 10.6 Å². The van der Waals surface area contributed by atoms with Gasteiger partial charge in [-0.1, -0.05) is 0 Å². The van der Waals surface area contributed by atoms with Crippen molar-refractivity contribution in [2.45, 2.75) is 26.8 Å². The molecule has 0 bridgehead atoms. The Balaban J connectivity index is 2.24. The minimum absolute atomic E-state index is 0.172. The standard InChI is InChI=1S/C14H19N5O/c1-9(2)19-13(5-6-16-19)18-14(20)11-7-10(3)17-12(8-11)15-4/h5-9H,1-4H3,(H,15,17)(H,18,20). The van der Waals surface area contributed by atoms with Crippen molar-refractivity contribution in [1.82, 2.24) is 14.8 Å². The Bertz CT molecular complexity index is 618. The molecule has 2 heterocycles. The Labute approximate surface area is 118 Å². The lowest BCUT2D eigenvalue weighted by molar-refractivity contribution is 0.102. The monoisotopic (exact) mass is 273 g/mol.